The van der Waals surface area contributed by atoms with Gasteiger partial charge >= 0.3 is 0 Å². The molecule has 158 valence electrons. The SMILES string of the molecule is COCCCN1C(=O)C[C@@](CC(=O)N(C)[C@@H]2CCOC2)(c2ccccc2Cl)C1=O. The second-order valence-corrected chi connectivity index (χ2v) is 8.04. The molecule has 2 fully saturated rings. The van der Waals surface area contributed by atoms with E-state index in [1.807, 2.05) is 0 Å². The van der Waals surface area contributed by atoms with E-state index in [2.05, 4.69) is 0 Å². The van der Waals surface area contributed by atoms with Crippen molar-refractivity contribution < 1.29 is 23.9 Å². The molecule has 2 aliphatic rings. The normalized spacial score (nSPS) is 24.4. The van der Waals surface area contributed by atoms with E-state index >= 15 is 0 Å². The van der Waals surface area contributed by atoms with Crippen LogP contribution in [0.3, 0.4) is 0 Å². The molecule has 29 heavy (non-hydrogen) atoms. The van der Waals surface area contributed by atoms with Crippen LogP contribution in [0.1, 0.15) is 31.2 Å². The molecule has 3 amide bonds. The summed E-state index contributed by atoms with van der Waals surface area (Å²) >= 11 is 6.42. The third kappa shape index (κ3) is 4.32. The summed E-state index contributed by atoms with van der Waals surface area (Å²) in [5.41, 5.74) is -0.758. The maximum Gasteiger partial charge on any atom is 0.240 e. The number of methoxy groups -OCH3 is 1. The van der Waals surface area contributed by atoms with E-state index in [0.717, 1.165) is 6.42 Å². The van der Waals surface area contributed by atoms with Gasteiger partial charge in [-0.05, 0) is 24.5 Å². The van der Waals surface area contributed by atoms with Crippen molar-refractivity contribution >= 4 is 29.3 Å². The van der Waals surface area contributed by atoms with Crippen LogP contribution in [0.25, 0.3) is 0 Å². The molecule has 0 unspecified atom stereocenters. The molecule has 0 radical (unpaired) electrons. The minimum atomic E-state index is -1.28. The van der Waals surface area contributed by atoms with Crippen molar-refractivity contribution in [2.75, 3.05) is 40.5 Å². The Hall–Kier alpha value is -1.96. The van der Waals surface area contributed by atoms with Crippen LogP contribution in [0.4, 0.5) is 0 Å². The Balaban J connectivity index is 1.91. The Bertz CT molecular complexity index is 780. The largest absolute Gasteiger partial charge is 0.385 e. The maximum absolute atomic E-state index is 13.5. The number of imide groups is 1. The first-order valence-electron chi connectivity index (χ1n) is 9.83. The Morgan fingerprint density at radius 1 is 1.38 bits per heavy atom. The first kappa shape index (κ1) is 21.7. The van der Waals surface area contributed by atoms with E-state index in [1.165, 1.54) is 4.90 Å². The number of carbonyl (C=O) groups is 3. The molecule has 1 aromatic rings. The molecule has 0 bridgehead atoms. The van der Waals surface area contributed by atoms with Crippen molar-refractivity contribution in [1.82, 2.24) is 9.80 Å². The number of amides is 3. The van der Waals surface area contributed by atoms with Gasteiger partial charge in [-0.1, -0.05) is 29.8 Å². The average Bonchev–Trinajstić information content (AvgIpc) is 3.31. The van der Waals surface area contributed by atoms with Crippen LogP contribution in [-0.2, 0) is 29.3 Å². The third-order valence-electron chi connectivity index (χ3n) is 5.83. The number of rotatable bonds is 8. The van der Waals surface area contributed by atoms with E-state index in [0.29, 0.717) is 36.8 Å². The summed E-state index contributed by atoms with van der Waals surface area (Å²) in [7, 11) is 3.29. The number of hydrogen-bond acceptors (Lipinski definition) is 5. The zero-order valence-corrected chi connectivity index (χ0v) is 17.6. The predicted molar refractivity (Wildman–Crippen MR) is 108 cm³/mol. The van der Waals surface area contributed by atoms with Crippen LogP contribution in [0, 0.1) is 0 Å². The lowest BCUT2D eigenvalue weighted by Gasteiger charge is -2.31. The minimum Gasteiger partial charge on any atom is -0.385 e. The summed E-state index contributed by atoms with van der Waals surface area (Å²) in [4.78, 5) is 42.2. The lowest BCUT2D eigenvalue weighted by molar-refractivity contribution is -0.143. The molecule has 1 aromatic carbocycles. The second kappa shape index (κ2) is 9.24. The molecule has 0 aliphatic carbocycles. The Labute approximate surface area is 175 Å². The summed E-state index contributed by atoms with van der Waals surface area (Å²) in [6.45, 7) is 1.80. The smallest absolute Gasteiger partial charge is 0.240 e. The highest BCUT2D eigenvalue weighted by Crippen LogP contribution is 2.43. The van der Waals surface area contributed by atoms with Crippen LogP contribution < -0.4 is 0 Å². The van der Waals surface area contributed by atoms with Crippen LogP contribution in [-0.4, -0.2) is 74.1 Å². The highest BCUT2D eigenvalue weighted by atomic mass is 35.5. The summed E-state index contributed by atoms with van der Waals surface area (Å²) < 4.78 is 10.4. The van der Waals surface area contributed by atoms with Gasteiger partial charge in [-0.2, -0.15) is 0 Å². The first-order chi connectivity index (χ1) is 13.9. The third-order valence-corrected chi connectivity index (χ3v) is 6.16. The molecule has 0 N–H and O–H groups in total. The Morgan fingerprint density at radius 2 is 2.14 bits per heavy atom. The van der Waals surface area contributed by atoms with Crippen molar-refractivity contribution in [2.45, 2.75) is 37.1 Å². The van der Waals surface area contributed by atoms with Gasteiger partial charge in [-0.25, -0.2) is 0 Å². The number of carbonyl (C=O) groups excluding carboxylic acids is 3. The molecular weight excluding hydrogens is 396 g/mol. The average molecular weight is 423 g/mol. The summed E-state index contributed by atoms with van der Waals surface area (Å²) in [5, 5.41) is 0.382. The summed E-state index contributed by atoms with van der Waals surface area (Å²) in [6, 6.07) is 6.94. The standard InChI is InChI=1S/C21H27ClN2O5/c1-23(15-8-11-29-14-15)18(25)12-21(16-6-3-4-7-17(16)22)13-19(26)24(20(21)27)9-5-10-28-2/h3-4,6-7,15H,5,8-14H2,1-2H3/t15-,21+/m1/s1. The predicted octanol–water partition coefficient (Wildman–Crippen LogP) is 2.01. The molecule has 0 aromatic heterocycles. The van der Waals surface area contributed by atoms with E-state index in [-0.39, 0.29) is 43.1 Å². The number of halogens is 1. The fourth-order valence-electron chi connectivity index (χ4n) is 4.10. The molecule has 3 rings (SSSR count). The van der Waals surface area contributed by atoms with Crippen molar-refractivity contribution in [3.8, 4) is 0 Å². The minimum absolute atomic E-state index is 0.0178. The van der Waals surface area contributed by atoms with E-state index in [4.69, 9.17) is 21.1 Å². The van der Waals surface area contributed by atoms with Crippen molar-refractivity contribution in [3.05, 3.63) is 34.9 Å². The zero-order chi connectivity index (χ0) is 21.0. The molecule has 2 aliphatic heterocycles. The number of likely N-dealkylation sites (tertiary alicyclic amines) is 1. The van der Waals surface area contributed by atoms with Gasteiger partial charge in [0.15, 0.2) is 0 Å². The van der Waals surface area contributed by atoms with Gasteiger partial charge in [0.1, 0.15) is 0 Å². The topological polar surface area (TPSA) is 76.2 Å². The number of nitrogens with zero attached hydrogens (tertiary/aromatic N) is 2. The quantitative estimate of drug-likeness (QED) is 0.473. The van der Waals surface area contributed by atoms with Gasteiger partial charge < -0.3 is 14.4 Å². The highest BCUT2D eigenvalue weighted by molar-refractivity contribution is 6.32. The second-order valence-electron chi connectivity index (χ2n) is 7.63. The monoisotopic (exact) mass is 422 g/mol. The van der Waals surface area contributed by atoms with Gasteiger partial charge in [-0.3, -0.25) is 19.3 Å². The first-order valence-corrected chi connectivity index (χ1v) is 10.2. The molecule has 2 heterocycles. The molecule has 8 heteroatoms. The van der Waals surface area contributed by atoms with Crippen LogP contribution in [0.15, 0.2) is 24.3 Å². The molecule has 2 atom stereocenters. The van der Waals surface area contributed by atoms with Gasteiger partial charge in [0.2, 0.25) is 17.7 Å². The lowest BCUT2D eigenvalue weighted by atomic mass is 9.75. The van der Waals surface area contributed by atoms with Crippen LogP contribution in [0.2, 0.25) is 5.02 Å². The zero-order valence-electron chi connectivity index (χ0n) is 16.9. The van der Waals surface area contributed by atoms with Gasteiger partial charge in [0, 0.05) is 51.8 Å². The van der Waals surface area contributed by atoms with Crippen molar-refractivity contribution in [1.29, 1.82) is 0 Å². The van der Waals surface area contributed by atoms with Crippen molar-refractivity contribution in [3.63, 3.8) is 0 Å². The van der Waals surface area contributed by atoms with Crippen LogP contribution >= 0.6 is 11.6 Å². The number of hydrogen-bond donors (Lipinski definition) is 0. The molecular formula is C21H27ClN2O5. The fraction of sp³-hybridized carbons (Fsp3) is 0.571. The summed E-state index contributed by atoms with van der Waals surface area (Å²) in [6.07, 6.45) is 1.13. The van der Waals surface area contributed by atoms with Gasteiger partial charge in [0.25, 0.3) is 0 Å². The Kier molecular flexibility index (Phi) is 6.93. The number of ether oxygens (including phenoxy) is 2. The van der Waals surface area contributed by atoms with Gasteiger partial charge in [0.05, 0.1) is 18.1 Å². The summed E-state index contributed by atoms with van der Waals surface area (Å²) in [5.74, 6) is -0.845. The molecule has 0 saturated carbocycles. The van der Waals surface area contributed by atoms with Crippen molar-refractivity contribution in [2.24, 2.45) is 0 Å². The lowest BCUT2D eigenvalue weighted by Crippen LogP contribution is -2.45. The highest BCUT2D eigenvalue weighted by Gasteiger charge is 2.54. The van der Waals surface area contributed by atoms with Gasteiger partial charge in [-0.15, -0.1) is 0 Å². The number of benzene rings is 1. The molecule has 7 nitrogen and oxygen atoms in total. The van der Waals surface area contributed by atoms with E-state index in [9.17, 15) is 14.4 Å². The fourth-order valence-corrected chi connectivity index (χ4v) is 4.42. The Morgan fingerprint density at radius 3 is 2.79 bits per heavy atom. The van der Waals surface area contributed by atoms with Crippen LogP contribution in [0.5, 0.6) is 0 Å². The van der Waals surface area contributed by atoms with E-state index < -0.39 is 5.41 Å². The van der Waals surface area contributed by atoms with E-state index in [1.54, 1.807) is 43.3 Å². The molecule has 0 spiro atoms. The molecule has 2 saturated heterocycles. The maximum atomic E-state index is 13.5. The number of likely N-dealkylation sites (N-methyl/N-ethyl adjacent to an activating group) is 1.